The number of carbonyl (C=O) groups excluding carboxylic acids is 2. The first-order valence-electron chi connectivity index (χ1n) is 8.57. The first-order chi connectivity index (χ1) is 14.4. The molecule has 0 bridgehead atoms. The van der Waals surface area contributed by atoms with Crippen LogP contribution in [0.15, 0.2) is 42.5 Å². The predicted octanol–water partition coefficient (Wildman–Crippen LogP) is 2.82. The molecule has 1 N–H and O–H groups in total. The highest BCUT2D eigenvalue weighted by molar-refractivity contribution is 5.96. The maximum absolute atomic E-state index is 11.9. The molecule has 0 fully saturated rings. The molecule has 0 unspecified atom stereocenters. The van der Waals surface area contributed by atoms with E-state index in [0.29, 0.717) is 22.8 Å². The van der Waals surface area contributed by atoms with Gasteiger partial charge >= 0.3 is 5.97 Å². The molecule has 0 aliphatic rings. The number of hydrogen-bond acceptors (Lipinski definition) is 8. The Kier molecular flexibility index (Phi) is 7.74. The maximum Gasteiger partial charge on any atom is 0.331 e. The summed E-state index contributed by atoms with van der Waals surface area (Å²) in [5.74, 6) is -0.255. The molecule has 10 nitrogen and oxygen atoms in total. The van der Waals surface area contributed by atoms with E-state index in [9.17, 15) is 19.7 Å². The van der Waals surface area contributed by atoms with Crippen LogP contribution < -0.4 is 19.5 Å². The second kappa shape index (κ2) is 10.5. The van der Waals surface area contributed by atoms with Crippen LogP contribution in [-0.2, 0) is 14.3 Å². The van der Waals surface area contributed by atoms with Gasteiger partial charge in [-0.15, -0.1) is 0 Å². The van der Waals surface area contributed by atoms with Gasteiger partial charge in [0, 0.05) is 12.1 Å². The summed E-state index contributed by atoms with van der Waals surface area (Å²) in [5, 5.41) is 13.3. The molecular weight excluding hydrogens is 396 g/mol. The summed E-state index contributed by atoms with van der Waals surface area (Å²) >= 11 is 0. The number of methoxy groups -OCH3 is 3. The molecule has 2 aromatic carbocycles. The smallest absolute Gasteiger partial charge is 0.331 e. The Morgan fingerprint density at radius 3 is 2.27 bits per heavy atom. The number of nitrogens with zero attached hydrogens (tertiary/aromatic N) is 1. The van der Waals surface area contributed by atoms with Crippen molar-refractivity contribution in [2.45, 2.75) is 0 Å². The summed E-state index contributed by atoms with van der Waals surface area (Å²) in [6.07, 6.45) is 2.58. The average molecular weight is 416 g/mol. The van der Waals surface area contributed by atoms with Crippen LogP contribution in [0.4, 0.5) is 11.4 Å². The van der Waals surface area contributed by atoms with E-state index in [4.69, 9.17) is 18.9 Å². The number of rotatable bonds is 9. The molecular formula is C20H20N2O8. The fourth-order valence-electron chi connectivity index (χ4n) is 2.47. The number of hydrogen-bond donors (Lipinski definition) is 1. The molecule has 0 spiro atoms. The van der Waals surface area contributed by atoms with Gasteiger partial charge in [0.05, 0.1) is 26.3 Å². The van der Waals surface area contributed by atoms with E-state index < -0.39 is 23.4 Å². The molecule has 10 heteroatoms. The fourth-order valence-corrected chi connectivity index (χ4v) is 2.47. The largest absolute Gasteiger partial charge is 0.493 e. The number of nitro benzene ring substituents is 1. The van der Waals surface area contributed by atoms with Crippen molar-refractivity contribution in [1.29, 1.82) is 0 Å². The van der Waals surface area contributed by atoms with E-state index in [1.54, 1.807) is 12.1 Å². The van der Waals surface area contributed by atoms with Gasteiger partial charge in [-0.1, -0.05) is 12.1 Å². The summed E-state index contributed by atoms with van der Waals surface area (Å²) < 4.78 is 20.5. The number of ether oxygens (including phenoxy) is 4. The third kappa shape index (κ3) is 5.71. The van der Waals surface area contributed by atoms with Crippen molar-refractivity contribution in [3.8, 4) is 17.2 Å². The number of carbonyl (C=O) groups is 2. The summed E-state index contributed by atoms with van der Waals surface area (Å²) in [4.78, 5) is 34.1. The summed E-state index contributed by atoms with van der Waals surface area (Å²) in [7, 11) is 4.41. The molecule has 0 aliphatic heterocycles. The number of para-hydroxylation sites is 2. The van der Waals surface area contributed by atoms with E-state index in [1.807, 2.05) is 0 Å². The lowest BCUT2D eigenvalue weighted by molar-refractivity contribution is -0.383. The Balaban J connectivity index is 1.99. The van der Waals surface area contributed by atoms with Crippen LogP contribution in [0.1, 0.15) is 5.56 Å². The van der Waals surface area contributed by atoms with Gasteiger partial charge in [0.25, 0.3) is 11.6 Å². The first-order valence-corrected chi connectivity index (χ1v) is 8.57. The average Bonchev–Trinajstić information content (AvgIpc) is 2.75. The highest BCUT2D eigenvalue weighted by Crippen LogP contribution is 2.38. The number of nitro groups is 1. The molecule has 30 heavy (non-hydrogen) atoms. The molecule has 0 saturated heterocycles. The number of esters is 1. The standard InChI is InChI=1S/C20H20N2O8/c1-27-16-10-13(11-17(28-2)20(16)29-3)8-9-19(24)30-12-18(23)21-14-6-4-5-7-15(14)22(25)26/h4-11H,12H2,1-3H3,(H,21,23)/b9-8+. The number of amides is 1. The van der Waals surface area contributed by atoms with E-state index in [1.165, 1.54) is 51.7 Å². The molecule has 2 aromatic rings. The van der Waals surface area contributed by atoms with Crippen LogP contribution >= 0.6 is 0 Å². The molecule has 0 atom stereocenters. The summed E-state index contributed by atoms with van der Waals surface area (Å²) in [6.45, 7) is -0.607. The van der Waals surface area contributed by atoms with E-state index in [2.05, 4.69) is 5.32 Å². The molecule has 0 radical (unpaired) electrons. The number of benzene rings is 2. The van der Waals surface area contributed by atoms with Crippen molar-refractivity contribution >= 4 is 29.3 Å². The summed E-state index contributed by atoms with van der Waals surface area (Å²) in [5.41, 5.74) is 0.321. The topological polar surface area (TPSA) is 126 Å². The number of nitrogens with one attached hydrogen (secondary N) is 1. The van der Waals surface area contributed by atoms with E-state index in [0.717, 1.165) is 6.08 Å². The van der Waals surface area contributed by atoms with Crippen molar-refractivity contribution in [3.05, 3.63) is 58.2 Å². The molecule has 0 saturated carbocycles. The molecule has 1 amide bonds. The quantitative estimate of drug-likeness (QED) is 0.286. The lowest BCUT2D eigenvalue weighted by Gasteiger charge is -2.12. The third-order valence-electron chi connectivity index (χ3n) is 3.82. The van der Waals surface area contributed by atoms with Gasteiger partial charge in [-0.05, 0) is 29.8 Å². The minimum Gasteiger partial charge on any atom is -0.493 e. The van der Waals surface area contributed by atoms with Crippen LogP contribution in [0.2, 0.25) is 0 Å². The Bertz CT molecular complexity index is 946. The lowest BCUT2D eigenvalue weighted by atomic mass is 10.1. The Hall–Kier alpha value is -4.08. The molecule has 0 aromatic heterocycles. The van der Waals surface area contributed by atoms with Gasteiger partial charge in [0.15, 0.2) is 18.1 Å². The van der Waals surface area contributed by atoms with Gasteiger partial charge in [0.2, 0.25) is 5.75 Å². The highest BCUT2D eigenvalue weighted by atomic mass is 16.6. The maximum atomic E-state index is 11.9. The van der Waals surface area contributed by atoms with Crippen molar-refractivity contribution in [3.63, 3.8) is 0 Å². The van der Waals surface area contributed by atoms with Gasteiger partial charge < -0.3 is 24.3 Å². The van der Waals surface area contributed by atoms with Crippen LogP contribution in [0.5, 0.6) is 17.2 Å². The van der Waals surface area contributed by atoms with Gasteiger partial charge in [0.1, 0.15) is 5.69 Å². The zero-order chi connectivity index (χ0) is 22.1. The molecule has 158 valence electrons. The van der Waals surface area contributed by atoms with Gasteiger partial charge in [-0.3, -0.25) is 14.9 Å². The van der Waals surface area contributed by atoms with E-state index in [-0.39, 0.29) is 11.4 Å². The zero-order valence-corrected chi connectivity index (χ0v) is 16.5. The second-order valence-corrected chi connectivity index (χ2v) is 5.72. The minimum absolute atomic E-state index is 0.0107. The normalized spacial score (nSPS) is 10.4. The number of anilines is 1. The van der Waals surface area contributed by atoms with Crippen molar-refractivity contribution < 1.29 is 33.5 Å². The SMILES string of the molecule is COc1cc(/C=C/C(=O)OCC(=O)Nc2ccccc2[N+](=O)[O-])cc(OC)c1OC. The monoisotopic (exact) mass is 416 g/mol. The van der Waals surface area contributed by atoms with Crippen molar-refractivity contribution in [2.75, 3.05) is 33.3 Å². The Labute approximate surface area is 172 Å². The Morgan fingerprint density at radius 1 is 1.07 bits per heavy atom. The zero-order valence-electron chi connectivity index (χ0n) is 16.5. The van der Waals surface area contributed by atoms with Gasteiger partial charge in [-0.2, -0.15) is 0 Å². The van der Waals surface area contributed by atoms with E-state index >= 15 is 0 Å². The fraction of sp³-hybridized carbons (Fsp3) is 0.200. The molecule has 0 heterocycles. The molecule has 2 rings (SSSR count). The van der Waals surface area contributed by atoms with Crippen molar-refractivity contribution in [1.82, 2.24) is 0 Å². The minimum atomic E-state index is -0.776. The van der Waals surface area contributed by atoms with Crippen LogP contribution in [0.25, 0.3) is 6.08 Å². The third-order valence-corrected chi connectivity index (χ3v) is 3.82. The predicted molar refractivity (Wildman–Crippen MR) is 108 cm³/mol. The van der Waals surface area contributed by atoms with Crippen LogP contribution in [-0.4, -0.2) is 44.7 Å². The van der Waals surface area contributed by atoms with Gasteiger partial charge in [-0.25, -0.2) is 4.79 Å². The van der Waals surface area contributed by atoms with Crippen LogP contribution in [0.3, 0.4) is 0 Å². The molecule has 0 aliphatic carbocycles. The highest BCUT2D eigenvalue weighted by Gasteiger charge is 2.16. The van der Waals surface area contributed by atoms with Crippen LogP contribution in [0, 0.1) is 10.1 Å². The lowest BCUT2D eigenvalue weighted by Crippen LogP contribution is -2.20. The Morgan fingerprint density at radius 2 is 1.70 bits per heavy atom. The first kappa shape index (κ1) is 22.2. The second-order valence-electron chi connectivity index (χ2n) is 5.72. The van der Waals surface area contributed by atoms with Crippen molar-refractivity contribution in [2.24, 2.45) is 0 Å². The summed E-state index contributed by atoms with van der Waals surface area (Å²) in [6, 6.07) is 8.90.